The molecule has 1 aromatic carbocycles. The predicted molar refractivity (Wildman–Crippen MR) is 76.2 cm³/mol. The second-order valence-corrected chi connectivity index (χ2v) is 4.77. The number of nitrogens with one attached hydrogen (secondary N) is 1. The van der Waals surface area contributed by atoms with Crippen molar-refractivity contribution in [1.29, 1.82) is 0 Å². The van der Waals surface area contributed by atoms with Crippen molar-refractivity contribution < 1.29 is 4.79 Å². The van der Waals surface area contributed by atoms with Gasteiger partial charge in [0.2, 0.25) is 5.91 Å². The minimum Gasteiger partial charge on any atom is -0.399 e. The summed E-state index contributed by atoms with van der Waals surface area (Å²) >= 11 is 5.89. The molecule has 0 unspecified atom stereocenters. The highest BCUT2D eigenvalue weighted by molar-refractivity contribution is 6.31. The number of nitrogens with two attached hydrogens (primary N) is 1. The fourth-order valence-electron chi connectivity index (χ4n) is 1.68. The van der Waals surface area contributed by atoms with Crippen LogP contribution in [-0.2, 0) is 11.3 Å². The molecule has 0 radical (unpaired) electrons. The van der Waals surface area contributed by atoms with Crippen LogP contribution in [0.4, 0.5) is 11.4 Å². The van der Waals surface area contributed by atoms with Crippen LogP contribution < -0.4 is 11.1 Å². The molecule has 0 aliphatic heterocycles. The number of nitrogen functional groups attached to an aromatic ring is 1. The molecule has 1 amide bonds. The van der Waals surface area contributed by atoms with Crippen LogP contribution in [0.25, 0.3) is 0 Å². The summed E-state index contributed by atoms with van der Waals surface area (Å²) in [7, 11) is 0. The largest absolute Gasteiger partial charge is 0.399 e. The van der Waals surface area contributed by atoms with Gasteiger partial charge in [-0.1, -0.05) is 17.7 Å². The molecule has 5 nitrogen and oxygen atoms in total. The third-order valence-corrected chi connectivity index (χ3v) is 3.24. The number of carbonyl (C=O) groups is 1. The summed E-state index contributed by atoms with van der Waals surface area (Å²) in [6.07, 6.45) is 1.52. The standard InChI is InChI=1S/C13H15ClN4O/c1-8-3-4-10(15)5-12(8)17-13(19)7-18-9(2)11(14)6-16-18/h3-6H,7,15H2,1-2H3,(H,17,19). The van der Waals surface area contributed by atoms with Gasteiger partial charge in [0.05, 0.1) is 16.9 Å². The number of hydrogen-bond donors (Lipinski definition) is 2. The number of carbonyl (C=O) groups excluding carboxylic acids is 1. The first-order chi connectivity index (χ1) is 8.97. The first-order valence-corrected chi connectivity index (χ1v) is 6.19. The third-order valence-electron chi connectivity index (χ3n) is 2.87. The first-order valence-electron chi connectivity index (χ1n) is 5.81. The zero-order valence-corrected chi connectivity index (χ0v) is 11.5. The Kier molecular flexibility index (Phi) is 3.76. The maximum Gasteiger partial charge on any atom is 0.246 e. The zero-order valence-electron chi connectivity index (χ0n) is 10.8. The van der Waals surface area contributed by atoms with E-state index < -0.39 is 0 Å². The van der Waals surface area contributed by atoms with Crippen molar-refractivity contribution in [3.63, 3.8) is 0 Å². The number of amides is 1. The molecule has 0 fully saturated rings. The number of benzene rings is 1. The highest BCUT2D eigenvalue weighted by atomic mass is 35.5. The SMILES string of the molecule is Cc1ccc(N)cc1NC(=O)Cn1ncc(Cl)c1C. The number of aromatic nitrogens is 2. The summed E-state index contributed by atoms with van der Waals surface area (Å²) in [6, 6.07) is 5.39. The zero-order chi connectivity index (χ0) is 14.0. The molecular formula is C13H15ClN4O. The highest BCUT2D eigenvalue weighted by Crippen LogP contribution is 2.18. The van der Waals surface area contributed by atoms with Crippen LogP contribution in [0, 0.1) is 13.8 Å². The number of rotatable bonds is 3. The van der Waals surface area contributed by atoms with Crippen molar-refractivity contribution in [3.8, 4) is 0 Å². The van der Waals surface area contributed by atoms with Crippen LogP contribution in [0.3, 0.4) is 0 Å². The summed E-state index contributed by atoms with van der Waals surface area (Å²) in [5.74, 6) is -0.170. The van der Waals surface area contributed by atoms with E-state index in [1.807, 2.05) is 19.9 Å². The second-order valence-electron chi connectivity index (χ2n) is 4.36. The number of nitrogens with zero attached hydrogens (tertiary/aromatic N) is 2. The van der Waals surface area contributed by atoms with Crippen molar-refractivity contribution in [3.05, 3.63) is 40.7 Å². The predicted octanol–water partition coefficient (Wildman–Crippen LogP) is 2.37. The molecule has 19 heavy (non-hydrogen) atoms. The molecule has 1 heterocycles. The lowest BCUT2D eigenvalue weighted by molar-refractivity contribution is -0.116. The Hall–Kier alpha value is -2.01. The molecule has 0 aliphatic rings. The van der Waals surface area contributed by atoms with E-state index in [9.17, 15) is 4.79 Å². The van der Waals surface area contributed by atoms with E-state index in [2.05, 4.69) is 10.4 Å². The Balaban J connectivity index is 2.09. The van der Waals surface area contributed by atoms with Crippen molar-refractivity contribution in [1.82, 2.24) is 9.78 Å². The summed E-state index contributed by atoms with van der Waals surface area (Å²) in [4.78, 5) is 12.0. The molecule has 2 rings (SSSR count). The van der Waals surface area contributed by atoms with E-state index >= 15 is 0 Å². The van der Waals surface area contributed by atoms with E-state index in [1.165, 1.54) is 6.20 Å². The van der Waals surface area contributed by atoms with Crippen LogP contribution in [0.5, 0.6) is 0 Å². The van der Waals surface area contributed by atoms with E-state index in [0.717, 1.165) is 11.3 Å². The van der Waals surface area contributed by atoms with Crippen molar-refractivity contribution in [2.75, 3.05) is 11.1 Å². The van der Waals surface area contributed by atoms with E-state index in [4.69, 9.17) is 17.3 Å². The number of halogens is 1. The Morgan fingerprint density at radius 1 is 1.47 bits per heavy atom. The Bertz CT molecular complexity index is 621. The molecule has 0 saturated heterocycles. The van der Waals surface area contributed by atoms with E-state index in [-0.39, 0.29) is 12.5 Å². The maximum absolute atomic E-state index is 12.0. The third kappa shape index (κ3) is 3.06. The van der Waals surface area contributed by atoms with Gasteiger partial charge in [-0.3, -0.25) is 9.48 Å². The Morgan fingerprint density at radius 3 is 2.84 bits per heavy atom. The first kappa shape index (κ1) is 13.4. The molecule has 1 aromatic heterocycles. The van der Waals surface area contributed by atoms with Crippen LogP contribution >= 0.6 is 11.6 Å². The number of aryl methyl sites for hydroxylation is 1. The van der Waals surface area contributed by atoms with Gasteiger partial charge >= 0.3 is 0 Å². The van der Waals surface area contributed by atoms with Gasteiger partial charge < -0.3 is 11.1 Å². The minimum atomic E-state index is -0.170. The van der Waals surface area contributed by atoms with Gasteiger partial charge in [-0.15, -0.1) is 0 Å². The van der Waals surface area contributed by atoms with Gasteiger partial charge in [-0.05, 0) is 31.5 Å². The number of hydrogen-bond acceptors (Lipinski definition) is 3. The molecule has 6 heteroatoms. The van der Waals surface area contributed by atoms with Gasteiger partial charge in [0.15, 0.2) is 0 Å². The average molecular weight is 279 g/mol. The quantitative estimate of drug-likeness (QED) is 0.847. The summed E-state index contributed by atoms with van der Waals surface area (Å²) in [6.45, 7) is 3.84. The normalized spacial score (nSPS) is 10.5. The lowest BCUT2D eigenvalue weighted by Crippen LogP contribution is -2.20. The van der Waals surface area contributed by atoms with Gasteiger partial charge in [0.1, 0.15) is 6.54 Å². The summed E-state index contributed by atoms with van der Waals surface area (Å²) in [5, 5.41) is 7.40. The fraction of sp³-hybridized carbons (Fsp3) is 0.231. The molecule has 0 bridgehead atoms. The Labute approximate surface area is 116 Å². The van der Waals surface area contributed by atoms with Crippen LogP contribution in [0.2, 0.25) is 5.02 Å². The minimum absolute atomic E-state index is 0.118. The monoisotopic (exact) mass is 278 g/mol. The van der Waals surface area contributed by atoms with Crippen LogP contribution in [0.1, 0.15) is 11.3 Å². The van der Waals surface area contributed by atoms with Crippen LogP contribution in [-0.4, -0.2) is 15.7 Å². The second kappa shape index (κ2) is 5.32. The van der Waals surface area contributed by atoms with Crippen molar-refractivity contribution in [2.24, 2.45) is 0 Å². The maximum atomic E-state index is 12.0. The Morgan fingerprint density at radius 2 is 2.21 bits per heavy atom. The number of anilines is 2. The smallest absolute Gasteiger partial charge is 0.246 e. The lowest BCUT2D eigenvalue weighted by Gasteiger charge is -2.10. The average Bonchev–Trinajstić information content (AvgIpc) is 2.66. The summed E-state index contributed by atoms with van der Waals surface area (Å²) < 4.78 is 1.55. The van der Waals surface area contributed by atoms with E-state index in [1.54, 1.807) is 16.8 Å². The molecule has 0 saturated carbocycles. The lowest BCUT2D eigenvalue weighted by atomic mass is 10.2. The molecular weight excluding hydrogens is 264 g/mol. The topological polar surface area (TPSA) is 72.9 Å². The van der Waals surface area contributed by atoms with E-state index in [0.29, 0.717) is 16.4 Å². The summed E-state index contributed by atoms with van der Waals surface area (Å²) in [5.41, 5.74) is 8.74. The van der Waals surface area contributed by atoms with Gasteiger partial charge in [-0.2, -0.15) is 5.10 Å². The van der Waals surface area contributed by atoms with Crippen LogP contribution in [0.15, 0.2) is 24.4 Å². The van der Waals surface area contributed by atoms with Gasteiger partial charge in [0, 0.05) is 11.4 Å². The molecule has 3 N–H and O–H groups in total. The van der Waals surface area contributed by atoms with Crippen molar-refractivity contribution >= 4 is 28.9 Å². The van der Waals surface area contributed by atoms with Crippen molar-refractivity contribution in [2.45, 2.75) is 20.4 Å². The fourth-order valence-corrected chi connectivity index (χ4v) is 1.82. The molecule has 0 atom stereocenters. The highest BCUT2D eigenvalue weighted by Gasteiger charge is 2.10. The molecule has 100 valence electrons. The molecule has 0 aliphatic carbocycles. The van der Waals surface area contributed by atoms with Gasteiger partial charge in [0.25, 0.3) is 0 Å². The molecule has 2 aromatic rings. The molecule has 0 spiro atoms. The van der Waals surface area contributed by atoms with Gasteiger partial charge in [-0.25, -0.2) is 0 Å².